The van der Waals surface area contributed by atoms with Gasteiger partial charge < -0.3 is 5.32 Å². The average molecular weight is 377 g/mol. The number of hydrogen-bond donors (Lipinski definition) is 1. The number of nitrogens with zero attached hydrogens (tertiary/aromatic N) is 2. The zero-order valence-electron chi connectivity index (χ0n) is 11.3. The highest BCUT2D eigenvalue weighted by Gasteiger charge is 2.06. The van der Waals surface area contributed by atoms with Gasteiger partial charge >= 0.3 is 0 Å². The van der Waals surface area contributed by atoms with Gasteiger partial charge in [0, 0.05) is 21.9 Å². The smallest absolute Gasteiger partial charge is 0.255 e. The van der Waals surface area contributed by atoms with Gasteiger partial charge in [-0.3, -0.25) is 4.79 Å². The summed E-state index contributed by atoms with van der Waals surface area (Å²) in [6.45, 7) is 0. The first-order valence-corrected chi connectivity index (χ1v) is 7.66. The second-order valence-electron chi connectivity index (χ2n) is 4.61. The Balaban J connectivity index is 1.75. The van der Waals surface area contributed by atoms with Gasteiger partial charge in [-0.25, -0.2) is 4.68 Å². The van der Waals surface area contributed by atoms with E-state index < -0.39 is 0 Å². The number of carbonyl (C=O) groups excluding carboxylic acids is 1. The van der Waals surface area contributed by atoms with E-state index in [0.717, 1.165) is 10.2 Å². The first-order valence-electron chi connectivity index (χ1n) is 6.49. The van der Waals surface area contributed by atoms with E-state index in [4.69, 9.17) is 11.6 Å². The molecule has 4 nitrogen and oxygen atoms in total. The molecule has 1 aromatic heterocycles. The van der Waals surface area contributed by atoms with E-state index in [9.17, 15) is 4.79 Å². The zero-order valence-corrected chi connectivity index (χ0v) is 13.7. The summed E-state index contributed by atoms with van der Waals surface area (Å²) in [6.07, 6.45) is 3.29. The van der Waals surface area contributed by atoms with Crippen molar-refractivity contribution in [2.75, 3.05) is 5.32 Å². The Bertz CT molecular complexity index is 814. The van der Waals surface area contributed by atoms with E-state index >= 15 is 0 Å². The van der Waals surface area contributed by atoms with Gasteiger partial charge in [-0.2, -0.15) is 5.10 Å². The van der Waals surface area contributed by atoms with Crippen molar-refractivity contribution in [3.05, 3.63) is 76.0 Å². The lowest BCUT2D eigenvalue weighted by atomic mass is 10.2. The minimum Gasteiger partial charge on any atom is -0.322 e. The van der Waals surface area contributed by atoms with Crippen LogP contribution < -0.4 is 5.32 Å². The van der Waals surface area contributed by atoms with Crippen molar-refractivity contribution in [2.45, 2.75) is 0 Å². The van der Waals surface area contributed by atoms with Gasteiger partial charge in [-0.05, 0) is 42.5 Å². The standard InChI is InChI=1S/C16H11BrClN3O/c17-12-3-1-2-11(8-12)16(22)20-14-4-6-15(7-5-14)21-10-13(18)9-19-21/h1-10H,(H,20,22). The molecule has 110 valence electrons. The minimum absolute atomic E-state index is 0.156. The number of nitrogens with one attached hydrogen (secondary N) is 1. The third kappa shape index (κ3) is 3.37. The number of rotatable bonds is 3. The lowest BCUT2D eigenvalue weighted by Gasteiger charge is -2.07. The highest BCUT2D eigenvalue weighted by molar-refractivity contribution is 9.10. The topological polar surface area (TPSA) is 46.9 Å². The summed E-state index contributed by atoms with van der Waals surface area (Å²) in [4.78, 5) is 12.2. The van der Waals surface area contributed by atoms with Crippen molar-refractivity contribution in [1.82, 2.24) is 9.78 Å². The molecular weight excluding hydrogens is 366 g/mol. The largest absolute Gasteiger partial charge is 0.322 e. The van der Waals surface area contributed by atoms with Crippen LogP contribution in [0.4, 0.5) is 5.69 Å². The van der Waals surface area contributed by atoms with Gasteiger partial charge in [0.25, 0.3) is 5.91 Å². The van der Waals surface area contributed by atoms with E-state index in [-0.39, 0.29) is 5.91 Å². The molecular formula is C16H11BrClN3O. The highest BCUT2D eigenvalue weighted by Crippen LogP contribution is 2.17. The fourth-order valence-electron chi connectivity index (χ4n) is 1.97. The number of benzene rings is 2. The van der Waals surface area contributed by atoms with Crippen molar-refractivity contribution < 1.29 is 4.79 Å². The summed E-state index contributed by atoms with van der Waals surface area (Å²) in [7, 11) is 0. The van der Waals surface area contributed by atoms with E-state index in [1.807, 2.05) is 36.4 Å². The third-order valence-corrected chi connectivity index (χ3v) is 3.72. The molecule has 1 amide bonds. The predicted octanol–water partition coefficient (Wildman–Crippen LogP) is 4.54. The molecule has 1 heterocycles. The highest BCUT2D eigenvalue weighted by atomic mass is 79.9. The van der Waals surface area contributed by atoms with Crippen LogP contribution in [0.25, 0.3) is 5.69 Å². The number of anilines is 1. The molecule has 1 N–H and O–H groups in total. The van der Waals surface area contributed by atoms with Gasteiger partial charge in [0.2, 0.25) is 0 Å². The number of hydrogen-bond acceptors (Lipinski definition) is 2. The summed E-state index contributed by atoms with van der Waals surface area (Å²) < 4.78 is 2.54. The lowest BCUT2D eigenvalue weighted by molar-refractivity contribution is 0.102. The van der Waals surface area contributed by atoms with Crippen molar-refractivity contribution in [3.8, 4) is 5.69 Å². The van der Waals surface area contributed by atoms with Crippen molar-refractivity contribution >= 4 is 39.1 Å². The van der Waals surface area contributed by atoms with E-state index in [2.05, 4.69) is 26.3 Å². The molecule has 0 bridgehead atoms. The van der Waals surface area contributed by atoms with Crippen molar-refractivity contribution in [1.29, 1.82) is 0 Å². The van der Waals surface area contributed by atoms with Crippen LogP contribution in [-0.4, -0.2) is 15.7 Å². The second-order valence-corrected chi connectivity index (χ2v) is 5.97. The molecule has 0 saturated carbocycles. The molecule has 3 rings (SSSR count). The molecule has 3 aromatic rings. The molecule has 0 radical (unpaired) electrons. The Labute approximate surface area is 140 Å². The maximum absolute atomic E-state index is 12.2. The van der Waals surface area contributed by atoms with Crippen molar-refractivity contribution in [2.24, 2.45) is 0 Å². The molecule has 0 atom stereocenters. The SMILES string of the molecule is O=C(Nc1ccc(-n2cc(Cl)cn2)cc1)c1cccc(Br)c1. The Morgan fingerprint density at radius 3 is 2.59 bits per heavy atom. The molecule has 0 spiro atoms. The number of aromatic nitrogens is 2. The fraction of sp³-hybridized carbons (Fsp3) is 0. The first-order chi connectivity index (χ1) is 10.6. The van der Waals surface area contributed by atoms with Crippen LogP contribution in [-0.2, 0) is 0 Å². The van der Waals surface area contributed by atoms with Crippen LogP contribution in [0.15, 0.2) is 65.4 Å². The van der Waals surface area contributed by atoms with Gasteiger partial charge in [0.15, 0.2) is 0 Å². The molecule has 0 aliphatic carbocycles. The van der Waals surface area contributed by atoms with E-state index in [1.54, 1.807) is 29.2 Å². The van der Waals surface area contributed by atoms with Gasteiger partial charge in [0.1, 0.15) is 0 Å². The van der Waals surface area contributed by atoms with Gasteiger partial charge in [-0.1, -0.05) is 33.6 Å². The monoisotopic (exact) mass is 375 g/mol. The molecule has 0 fully saturated rings. The summed E-state index contributed by atoms with van der Waals surface area (Å²) in [5.74, 6) is -0.156. The van der Waals surface area contributed by atoms with Crippen LogP contribution in [0, 0.1) is 0 Å². The maximum atomic E-state index is 12.2. The number of halogens is 2. The van der Waals surface area contributed by atoms with Gasteiger partial charge in [0.05, 0.1) is 16.9 Å². The predicted molar refractivity (Wildman–Crippen MR) is 90.7 cm³/mol. The average Bonchev–Trinajstić information content (AvgIpc) is 2.94. The van der Waals surface area contributed by atoms with E-state index in [1.165, 1.54) is 0 Å². The Kier molecular flexibility index (Phi) is 4.27. The molecule has 22 heavy (non-hydrogen) atoms. The molecule has 2 aromatic carbocycles. The van der Waals surface area contributed by atoms with Crippen LogP contribution in [0.5, 0.6) is 0 Å². The maximum Gasteiger partial charge on any atom is 0.255 e. The zero-order chi connectivity index (χ0) is 15.5. The van der Waals surface area contributed by atoms with Crippen LogP contribution in [0.3, 0.4) is 0 Å². The second kappa shape index (κ2) is 6.34. The number of carbonyl (C=O) groups is 1. The van der Waals surface area contributed by atoms with Crippen LogP contribution >= 0.6 is 27.5 Å². The van der Waals surface area contributed by atoms with E-state index in [0.29, 0.717) is 16.3 Å². The summed E-state index contributed by atoms with van der Waals surface area (Å²) >= 11 is 9.20. The third-order valence-electron chi connectivity index (χ3n) is 3.03. The van der Waals surface area contributed by atoms with Gasteiger partial charge in [-0.15, -0.1) is 0 Å². The molecule has 0 unspecified atom stereocenters. The minimum atomic E-state index is -0.156. The number of amides is 1. The Morgan fingerprint density at radius 2 is 1.95 bits per heavy atom. The Hall–Kier alpha value is -2.11. The summed E-state index contributed by atoms with van der Waals surface area (Å²) in [5.41, 5.74) is 2.18. The Morgan fingerprint density at radius 1 is 1.18 bits per heavy atom. The molecule has 0 aliphatic rings. The molecule has 0 saturated heterocycles. The molecule has 6 heteroatoms. The first kappa shape index (κ1) is 14.8. The van der Waals surface area contributed by atoms with Crippen LogP contribution in [0.2, 0.25) is 5.02 Å². The lowest BCUT2D eigenvalue weighted by Crippen LogP contribution is -2.11. The van der Waals surface area contributed by atoms with Crippen LogP contribution in [0.1, 0.15) is 10.4 Å². The summed E-state index contributed by atoms with van der Waals surface area (Å²) in [6, 6.07) is 14.6. The fourth-order valence-corrected chi connectivity index (χ4v) is 2.51. The van der Waals surface area contributed by atoms with Crippen molar-refractivity contribution in [3.63, 3.8) is 0 Å². The normalized spacial score (nSPS) is 10.5. The molecule has 0 aliphatic heterocycles. The quantitative estimate of drug-likeness (QED) is 0.729. The summed E-state index contributed by atoms with van der Waals surface area (Å²) in [5, 5.41) is 7.56.